The van der Waals surface area contributed by atoms with E-state index in [2.05, 4.69) is 4.74 Å². The SMILES string of the molecule is FC(F)OCC1CCC1. The molecule has 0 aromatic carbocycles. The van der Waals surface area contributed by atoms with E-state index in [4.69, 9.17) is 0 Å². The Morgan fingerprint density at radius 3 is 2.44 bits per heavy atom. The van der Waals surface area contributed by atoms with Gasteiger partial charge in [0.2, 0.25) is 0 Å². The van der Waals surface area contributed by atoms with Crippen LogP contribution in [-0.4, -0.2) is 13.2 Å². The summed E-state index contributed by atoms with van der Waals surface area (Å²) in [5, 5.41) is 0. The van der Waals surface area contributed by atoms with Crippen LogP contribution in [0.15, 0.2) is 0 Å². The van der Waals surface area contributed by atoms with Gasteiger partial charge in [0, 0.05) is 0 Å². The summed E-state index contributed by atoms with van der Waals surface area (Å²) in [6.07, 6.45) is 3.30. The van der Waals surface area contributed by atoms with Gasteiger partial charge in [-0.2, -0.15) is 8.78 Å². The van der Waals surface area contributed by atoms with Crippen molar-refractivity contribution in [3.05, 3.63) is 0 Å². The van der Waals surface area contributed by atoms with Crippen LogP contribution in [0.1, 0.15) is 19.3 Å². The van der Waals surface area contributed by atoms with Gasteiger partial charge >= 0.3 is 6.61 Å². The van der Waals surface area contributed by atoms with E-state index in [-0.39, 0.29) is 6.61 Å². The van der Waals surface area contributed by atoms with Crippen molar-refractivity contribution in [3.8, 4) is 0 Å². The van der Waals surface area contributed by atoms with E-state index < -0.39 is 6.61 Å². The van der Waals surface area contributed by atoms with Crippen molar-refractivity contribution >= 4 is 0 Å². The fourth-order valence-corrected chi connectivity index (χ4v) is 0.868. The highest BCUT2D eigenvalue weighted by Crippen LogP contribution is 2.26. The third kappa shape index (κ3) is 2.26. The predicted molar refractivity (Wildman–Crippen MR) is 29.3 cm³/mol. The molecular formula is C6H10F2O. The lowest BCUT2D eigenvalue weighted by Crippen LogP contribution is -2.18. The zero-order valence-corrected chi connectivity index (χ0v) is 5.15. The largest absolute Gasteiger partial charge is 0.345 e. The zero-order valence-electron chi connectivity index (χ0n) is 5.15. The van der Waals surface area contributed by atoms with Crippen LogP contribution in [-0.2, 0) is 4.74 Å². The summed E-state index contributed by atoms with van der Waals surface area (Å²) in [7, 11) is 0. The number of hydrogen-bond acceptors (Lipinski definition) is 1. The average Bonchev–Trinajstić information content (AvgIpc) is 1.60. The highest BCUT2D eigenvalue weighted by molar-refractivity contribution is 4.68. The molecule has 1 saturated carbocycles. The molecule has 0 heterocycles. The maximum atomic E-state index is 11.3. The third-order valence-corrected chi connectivity index (χ3v) is 1.68. The summed E-state index contributed by atoms with van der Waals surface area (Å²) in [6, 6.07) is 0. The van der Waals surface area contributed by atoms with Crippen molar-refractivity contribution in [2.24, 2.45) is 5.92 Å². The van der Waals surface area contributed by atoms with Gasteiger partial charge in [-0.1, -0.05) is 6.42 Å². The number of hydrogen-bond donors (Lipinski definition) is 0. The van der Waals surface area contributed by atoms with Crippen LogP contribution >= 0.6 is 0 Å². The monoisotopic (exact) mass is 136 g/mol. The zero-order chi connectivity index (χ0) is 6.69. The van der Waals surface area contributed by atoms with Crippen LogP contribution in [0.2, 0.25) is 0 Å². The Hall–Kier alpha value is -0.180. The number of rotatable bonds is 3. The Labute approximate surface area is 53.0 Å². The Bertz CT molecular complexity index is 81.1. The number of alkyl halides is 2. The van der Waals surface area contributed by atoms with Gasteiger partial charge in [0.05, 0.1) is 6.61 Å². The van der Waals surface area contributed by atoms with Gasteiger partial charge in [-0.15, -0.1) is 0 Å². The highest BCUT2D eigenvalue weighted by Gasteiger charge is 2.18. The Kier molecular flexibility index (Phi) is 2.39. The van der Waals surface area contributed by atoms with Crippen LogP contribution in [0.5, 0.6) is 0 Å². The fraction of sp³-hybridized carbons (Fsp3) is 1.00. The molecule has 1 fully saturated rings. The first-order valence-corrected chi connectivity index (χ1v) is 3.19. The second kappa shape index (κ2) is 3.11. The van der Waals surface area contributed by atoms with E-state index in [9.17, 15) is 8.78 Å². The highest BCUT2D eigenvalue weighted by atomic mass is 19.3. The second-order valence-electron chi connectivity index (χ2n) is 2.39. The minimum Gasteiger partial charge on any atom is -0.323 e. The maximum absolute atomic E-state index is 11.3. The Morgan fingerprint density at radius 1 is 1.44 bits per heavy atom. The van der Waals surface area contributed by atoms with Gasteiger partial charge in [-0.3, -0.25) is 0 Å². The number of halogens is 2. The van der Waals surface area contributed by atoms with Crippen LogP contribution in [0.4, 0.5) is 8.78 Å². The van der Waals surface area contributed by atoms with E-state index in [0.717, 1.165) is 12.8 Å². The molecule has 1 aliphatic carbocycles. The van der Waals surface area contributed by atoms with Gasteiger partial charge in [-0.05, 0) is 18.8 Å². The first-order valence-electron chi connectivity index (χ1n) is 3.19. The summed E-state index contributed by atoms with van der Waals surface area (Å²) < 4.78 is 26.8. The van der Waals surface area contributed by atoms with Gasteiger partial charge in [0.15, 0.2) is 0 Å². The minimum absolute atomic E-state index is 0.248. The van der Waals surface area contributed by atoms with Gasteiger partial charge in [-0.25, -0.2) is 0 Å². The van der Waals surface area contributed by atoms with Crippen molar-refractivity contribution in [1.82, 2.24) is 0 Å². The van der Waals surface area contributed by atoms with Crippen LogP contribution in [0, 0.1) is 5.92 Å². The summed E-state index contributed by atoms with van der Waals surface area (Å²) in [5.41, 5.74) is 0. The molecule has 0 aromatic heterocycles. The van der Waals surface area contributed by atoms with Crippen molar-refractivity contribution < 1.29 is 13.5 Å². The quantitative estimate of drug-likeness (QED) is 0.576. The second-order valence-corrected chi connectivity index (χ2v) is 2.39. The van der Waals surface area contributed by atoms with Crippen LogP contribution in [0.25, 0.3) is 0 Å². The number of ether oxygens (including phenoxy) is 1. The van der Waals surface area contributed by atoms with E-state index in [1.165, 1.54) is 6.42 Å². The molecule has 0 radical (unpaired) electrons. The first-order chi connectivity index (χ1) is 4.29. The van der Waals surface area contributed by atoms with Crippen LogP contribution < -0.4 is 0 Å². The summed E-state index contributed by atoms with van der Waals surface area (Å²) >= 11 is 0. The van der Waals surface area contributed by atoms with Crippen molar-refractivity contribution in [3.63, 3.8) is 0 Å². The van der Waals surface area contributed by atoms with E-state index in [1.54, 1.807) is 0 Å². The lowest BCUT2D eigenvalue weighted by molar-refractivity contribution is -0.143. The lowest BCUT2D eigenvalue weighted by Gasteiger charge is -2.24. The molecule has 0 atom stereocenters. The molecule has 0 N–H and O–H groups in total. The molecule has 0 saturated heterocycles. The molecule has 0 spiro atoms. The Balaban J connectivity index is 1.91. The molecule has 9 heavy (non-hydrogen) atoms. The van der Waals surface area contributed by atoms with Gasteiger partial charge in [0.25, 0.3) is 0 Å². The molecule has 54 valence electrons. The van der Waals surface area contributed by atoms with Crippen LogP contribution in [0.3, 0.4) is 0 Å². The molecule has 0 aliphatic heterocycles. The summed E-state index contributed by atoms with van der Waals surface area (Å²) in [5.74, 6) is 0.416. The summed E-state index contributed by atoms with van der Waals surface area (Å²) in [4.78, 5) is 0. The molecule has 3 heteroatoms. The molecule has 1 aliphatic rings. The molecule has 0 amide bonds. The molecule has 0 unspecified atom stereocenters. The Morgan fingerprint density at radius 2 is 2.11 bits per heavy atom. The topological polar surface area (TPSA) is 9.23 Å². The minimum atomic E-state index is -2.58. The molecule has 1 rings (SSSR count). The standard InChI is InChI=1S/C6H10F2O/c7-6(8)9-4-5-2-1-3-5/h5-6H,1-4H2. The van der Waals surface area contributed by atoms with E-state index in [0.29, 0.717) is 5.92 Å². The van der Waals surface area contributed by atoms with Crippen molar-refractivity contribution in [1.29, 1.82) is 0 Å². The predicted octanol–water partition coefficient (Wildman–Crippen LogP) is 2.03. The first kappa shape index (κ1) is 6.93. The summed E-state index contributed by atoms with van der Waals surface area (Å²) in [6.45, 7) is -2.33. The molecular weight excluding hydrogens is 126 g/mol. The third-order valence-electron chi connectivity index (χ3n) is 1.68. The maximum Gasteiger partial charge on any atom is 0.345 e. The van der Waals surface area contributed by atoms with E-state index >= 15 is 0 Å². The lowest BCUT2D eigenvalue weighted by atomic mass is 9.86. The normalized spacial score (nSPS) is 20.3. The van der Waals surface area contributed by atoms with Gasteiger partial charge in [0.1, 0.15) is 0 Å². The van der Waals surface area contributed by atoms with Gasteiger partial charge < -0.3 is 4.74 Å². The van der Waals surface area contributed by atoms with Crippen molar-refractivity contribution in [2.45, 2.75) is 25.9 Å². The molecule has 1 nitrogen and oxygen atoms in total. The van der Waals surface area contributed by atoms with Crippen molar-refractivity contribution in [2.75, 3.05) is 6.61 Å². The molecule has 0 bridgehead atoms. The fourth-order valence-electron chi connectivity index (χ4n) is 0.868. The van der Waals surface area contributed by atoms with E-state index in [1.807, 2.05) is 0 Å². The smallest absolute Gasteiger partial charge is 0.323 e. The molecule has 0 aromatic rings. The average molecular weight is 136 g/mol.